The first-order chi connectivity index (χ1) is 12.2. The van der Waals surface area contributed by atoms with Gasteiger partial charge in [0.25, 0.3) is 5.91 Å². The number of nitrogens with zero attached hydrogens (tertiary/aromatic N) is 1. The lowest BCUT2D eigenvalue weighted by atomic mass is 10.1. The molecule has 132 valence electrons. The summed E-state index contributed by atoms with van der Waals surface area (Å²) >= 11 is 0. The Balaban J connectivity index is 1.67. The summed E-state index contributed by atoms with van der Waals surface area (Å²) in [6, 6.07) is 14.1. The highest BCUT2D eigenvalue weighted by atomic mass is 19.1. The molecule has 1 saturated heterocycles. The smallest absolute Gasteiger partial charge is 0.254 e. The van der Waals surface area contributed by atoms with Crippen molar-refractivity contribution in [3.63, 3.8) is 0 Å². The highest BCUT2D eigenvalue weighted by Gasteiger charge is 2.24. The molecule has 1 amide bonds. The monoisotopic (exact) mass is 342 g/mol. The van der Waals surface area contributed by atoms with Crippen molar-refractivity contribution in [1.29, 1.82) is 0 Å². The summed E-state index contributed by atoms with van der Waals surface area (Å²) in [7, 11) is 0. The molecule has 1 aliphatic rings. The van der Waals surface area contributed by atoms with Gasteiger partial charge in [0.2, 0.25) is 0 Å². The van der Waals surface area contributed by atoms with Crippen molar-refractivity contribution in [2.45, 2.75) is 32.0 Å². The predicted molar refractivity (Wildman–Crippen MR) is 94.5 cm³/mol. The minimum atomic E-state index is -0.517. The van der Waals surface area contributed by atoms with Crippen molar-refractivity contribution in [1.82, 2.24) is 10.2 Å². The van der Waals surface area contributed by atoms with Crippen molar-refractivity contribution in [2.75, 3.05) is 13.2 Å². The van der Waals surface area contributed by atoms with E-state index in [9.17, 15) is 14.3 Å². The highest BCUT2D eigenvalue weighted by Crippen LogP contribution is 2.21. The fraction of sp³-hybridized carbons (Fsp3) is 0.350. The van der Waals surface area contributed by atoms with Crippen LogP contribution in [0.5, 0.6) is 0 Å². The third-order valence-corrected chi connectivity index (χ3v) is 4.76. The van der Waals surface area contributed by atoms with Gasteiger partial charge in [0.05, 0.1) is 12.2 Å². The van der Waals surface area contributed by atoms with Crippen LogP contribution in [0.2, 0.25) is 0 Å². The van der Waals surface area contributed by atoms with Crippen molar-refractivity contribution in [3.8, 4) is 0 Å². The number of amides is 1. The molecule has 0 unspecified atom stereocenters. The number of rotatable bonds is 6. The Morgan fingerprint density at radius 2 is 1.88 bits per heavy atom. The van der Waals surface area contributed by atoms with Gasteiger partial charge in [0.1, 0.15) is 5.82 Å². The summed E-state index contributed by atoms with van der Waals surface area (Å²) in [5.74, 6) is -0.932. The molecule has 0 saturated carbocycles. The first-order valence-corrected chi connectivity index (χ1v) is 8.63. The van der Waals surface area contributed by atoms with Gasteiger partial charge < -0.3 is 10.4 Å². The number of aliphatic hydroxyl groups excluding tert-OH is 1. The second kappa shape index (κ2) is 8.23. The molecule has 0 bridgehead atoms. The number of carbonyl (C=O) groups is 1. The van der Waals surface area contributed by atoms with E-state index < -0.39 is 11.7 Å². The Hall–Kier alpha value is -2.24. The topological polar surface area (TPSA) is 52.6 Å². The quantitative estimate of drug-likeness (QED) is 0.849. The van der Waals surface area contributed by atoms with Crippen LogP contribution in [0.4, 0.5) is 4.39 Å². The maximum atomic E-state index is 13.7. The number of halogens is 1. The molecule has 2 aromatic rings. The largest absolute Gasteiger partial charge is 0.395 e. The Kier molecular flexibility index (Phi) is 5.79. The van der Waals surface area contributed by atoms with Gasteiger partial charge in [-0.05, 0) is 42.6 Å². The highest BCUT2D eigenvalue weighted by molar-refractivity contribution is 5.94. The molecule has 1 fully saturated rings. The van der Waals surface area contributed by atoms with Crippen LogP contribution < -0.4 is 5.32 Å². The zero-order valence-electron chi connectivity index (χ0n) is 14.1. The van der Waals surface area contributed by atoms with E-state index in [1.165, 1.54) is 12.1 Å². The minimum Gasteiger partial charge on any atom is -0.395 e. The number of hydrogen-bond acceptors (Lipinski definition) is 3. The molecule has 1 heterocycles. The predicted octanol–water partition coefficient (Wildman–Crippen LogP) is 2.71. The first-order valence-electron chi connectivity index (χ1n) is 8.63. The number of carbonyl (C=O) groups excluding carboxylic acids is 1. The summed E-state index contributed by atoms with van der Waals surface area (Å²) < 4.78 is 13.7. The van der Waals surface area contributed by atoms with Gasteiger partial charge in [-0.15, -0.1) is 0 Å². The molecule has 0 aliphatic carbocycles. The zero-order chi connectivity index (χ0) is 17.6. The fourth-order valence-corrected chi connectivity index (χ4v) is 3.33. The molecular formula is C20H23FN2O2. The number of likely N-dealkylation sites (tertiary alicyclic amines) is 1. The van der Waals surface area contributed by atoms with Gasteiger partial charge in [-0.1, -0.05) is 36.4 Å². The van der Waals surface area contributed by atoms with Gasteiger partial charge in [-0.25, -0.2) is 4.39 Å². The van der Waals surface area contributed by atoms with Crippen molar-refractivity contribution >= 4 is 5.91 Å². The van der Waals surface area contributed by atoms with Crippen LogP contribution in [0.15, 0.2) is 48.5 Å². The van der Waals surface area contributed by atoms with E-state index in [2.05, 4.69) is 10.2 Å². The zero-order valence-corrected chi connectivity index (χ0v) is 14.1. The minimum absolute atomic E-state index is 0.0554. The van der Waals surface area contributed by atoms with Gasteiger partial charge in [-0.2, -0.15) is 0 Å². The lowest BCUT2D eigenvalue weighted by Gasteiger charge is -2.24. The van der Waals surface area contributed by atoms with Crippen LogP contribution >= 0.6 is 0 Å². The van der Waals surface area contributed by atoms with E-state index in [1.54, 1.807) is 12.1 Å². The van der Waals surface area contributed by atoms with E-state index >= 15 is 0 Å². The number of hydrogen-bond donors (Lipinski definition) is 2. The third kappa shape index (κ3) is 4.24. The van der Waals surface area contributed by atoms with Gasteiger partial charge in [0, 0.05) is 19.1 Å². The Morgan fingerprint density at radius 1 is 1.16 bits per heavy atom. The summed E-state index contributed by atoms with van der Waals surface area (Å²) in [5.41, 5.74) is 2.19. The van der Waals surface area contributed by atoms with Crippen LogP contribution in [-0.2, 0) is 13.1 Å². The van der Waals surface area contributed by atoms with Crippen LogP contribution in [0.3, 0.4) is 0 Å². The summed E-state index contributed by atoms with van der Waals surface area (Å²) in [5, 5.41) is 12.3. The van der Waals surface area contributed by atoms with Crippen molar-refractivity contribution in [2.24, 2.45) is 0 Å². The molecule has 25 heavy (non-hydrogen) atoms. The van der Waals surface area contributed by atoms with E-state index in [1.807, 2.05) is 24.3 Å². The van der Waals surface area contributed by atoms with Gasteiger partial charge in [0.15, 0.2) is 0 Å². The molecule has 5 heteroatoms. The van der Waals surface area contributed by atoms with Crippen LogP contribution in [0.25, 0.3) is 0 Å². The van der Waals surface area contributed by atoms with Crippen molar-refractivity contribution < 1.29 is 14.3 Å². The van der Waals surface area contributed by atoms with Crippen LogP contribution in [-0.4, -0.2) is 35.1 Å². The SMILES string of the molecule is O=C(NCc1ccccc1CN1CCC[C@H]1CO)c1ccccc1F. The first kappa shape index (κ1) is 17.6. The average Bonchev–Trinajstić information content (AvgIpc) is 3.08. The van der Waals surface area contributed by atoms with E-state index in [0.29, 0.717) is 6.54 Å². The second-order valence-electron chi connectivity index (χ2n) is 6.38. The van der Waals surface area contributed by atoms with Crippen LogP contribution in [0, 0.1) is 5.82 Å². The third-order valence-electron chi connectivity index (χ3n) is 4.76. The molecule has 2 N–H and O–H groups in total. The molecular weight excluding hydrogens is 319 g/mol. The molecule has 1 atom stereocenters. The Labute approximate surface area is 147 Å². The van der Waals surface area contributed by atoms with E-state index in [4.69, 9.17) is 0 Å². The molecule has 3 rings (SSSR count). The Bertz CT molecular complexity index is 735. The van der Waals surface area contributed by atoms with Gasteiger partial charge in [-0.3, -0.25) is 9.69 Å². The summed E-state index contributed by atoms with van der Waals surface area (Å²) in [6.45, 7) is 2.24. The lowest BCUT2D eigenvalue weighted by Crippen LogP contribution is -2.32. The summed E-state index contributed by atoms with van der Waals surface area (Å²) in [4.78, 5) is 14.5. The fourth-order valence-electron chi connectivity index (χ4n) is 3.33. The molecule has 1 aliphatic heterocycles. The Morgan fingerprint density at radius 3 is 2.64 bits per heavy atom. The maximum Gasteiger partial charge on any atom is 0.254 e. The normalized spacial score (nSPS) is 17.6. The molecule has 4 nitrogen and oxygen atoms in total. The standard InChI is InChI=1S/C20H23FN2O2/c21-19-10-4-3-9-18(19)20(25)22-12-15-6-1-2-7-16(15)13-23-11-5-8-17(23)14-24/h1-4,6-7,9-10,17,24H,5,8,11-14H2,(H,22,25)/t17-/m0/s1. The number of benzene rings is 2. The molecule has 0 aromatic heterocycles. The maximum absolute atomic E-state index is 13.7. The number of nitrogens with one attached hydrogen (secondary N) is 1. The number of aliphatic hydroxyl groups is 1. The molecule has 0 spiro atoms. The second-order valence-corrected chi connectivity index (χ2v) is 6.38. The van der Waals surface area contributed by atoms with E-state index in [-0.39, 0.29) is 18.2 Å². The van der Waals surface area contributed by atoms with E-state index in [0.717, 1.165) is 37.1 Å². The van der Waals surface area contributed by atoms with Crippen molar-refractivity contribution in [3.05, 3.63) is 71.0 Å². The lowest BCUT2D eigenvalue weighted by molar-refractivity contribution is 0.0946. The van der Waals surface area contributed by atoms with Gasteiger partial charge >= 0.3 is 0 Å². The molecule has 2 aromatic carbocycles. The molecule has 0 radical (unpaired) electrons. The average molecular weight is 342 g/mol. The summed E-state index contributed by atoms with van der Waals surface area (Å²) in [6.07, 6.45) is 2.11. The van der Waals surface area contributed by atoms with Crippen LogP contribution in [0.1, 0.15) is 34.3 Å².